The Hall–Kier alpha value is -10.4. The van der Waals surface area contributed by atoms with Crippen molar-refractivity contribution < 1.29 is 140 Å². The number of aryl methyl sites for hydroxylation is 1. The Bertz CT molecular complexity index is 6420. The minimum absolute atomic E-state index is 0. The van der Waals surface area contributed by atoms with Crippen LogP contribution in [-0.4, -0.2) is 35.3 Å². The third-order valence-electron chi connectivity index (χ3n) is 20.0. The Labute approximate surface area is 803 Å². The zero-order chi connectivity index (χ0) is 78.5. The second kappa shape index (κ2) is 44.7. The third kappa shape index (κ3) is 23.6. The van der Waals surface area contributed by atoms with Gasteiger partial charge in [0.25, 0.3) is 0 Å². The summed E-state index contributed by atoms with van der Waals surface area (Å²) in [4.78, 5) is 26.6. The number of ketones is 1. The van der Waals surface area contributed by atoms with Gasteiger partial charge in [-0.15, -0.1) is 32.5 Å². The van der Waals surface area contributed by atoms with E-state index in [4.69, 9.17) is 14.4 Å². The standard InChI is InChI=1S/C27H18N2O.C27H20N2.C27H18N2.C27H20O.4Y/c1-3-9-20(10-4-1)19-24-13-7-8-14-25(24)21-15-17-23(18-16-21)27-29-28-26(30-27)22-11-5-2-6-12-22;1-20-11-16-27-28-26(19-29(27)18-20)23-14-12-22(13-15-23)25-10-6-5-9-24(25)17-21-7-3-2-4-8-21;1-2-8-20(9-3-1)18-23-10-4-5-11-24(23)21-14-16-22(17-15-21)27-19-28-25-12-6-7-13-26(25)29-27;28-27(20-22-11-5-2-6-12-22)24-17-15-23(16-18-24)26-14-8-7-13-25(26)19-21-9-3-1-4-10-21;;;;/h1-9,11-12,14-18H,19H2;2-7,10-16,18-19H,17H2,1H3;1-8,11-17,19H,18H2;1-9,11-12,14-18H,19-20H2;;;;/q4*-2;;;;. The average Bonchev–Trinajstić information content (AvgIpc) is 1.73. The molecule has 8 nitrogen and oxygen atoms in total. The number of hydrogen-bond acceptors (Lipinski definition) is 7. The van der Waals surface area contributed by atoms with Crippen molar-refractivity contribution in [3.05, 3.63) is 492 Å². The molecule has 0 spiro atoms. The van der Waals surface area contributed by atoms with Gasteiger partial charge in [0.2, 0.25) is 11.8 Å². The van der Waals surface area contributed by atoms with Gasteiger partial charge in [0.05, 0.1) is 28.6 Å². The number of carbonyl (C=O) groups excluding carboxylic acids is 1. The Morgan fingerprint density at radius 1 is 0.317 bits per heavy atom. The van der Waals surface area contributed by atoms with Crippen LogP contribution in [0.1, 0.15) is 66.0 Å². The second-order valence-corrected chi connectivity index (χ2v) is 28.0. The molecule has 570 valence electrons. The fraction of sp³-hybridized carbons (Fsp3) is 0.0556. The molecule has 0 saturated carbocycles. The number of Topliss-reactive ketones (excluding diaryl/α,β-unsaturated/α-hetero) is 1. The molecule has 4 heterocycles. The molecule has 0 aliphatic carbocycles. The van der Waals surface area contributed by atoms with Gasteiger partial charge in [0, 0.05) is 177 Å². The van der Waals surface area contributed by atoms with Gasteiger partial charge in [0.1, 0.15) is 5.65 Å². The number of imidazole rings is 1. The van der Waals surface area contributed by atoms with Gasteiger partial charge < -0.3 is 8.82 Å². The Kier molecular flexibility index (Phi) is 33.1. The average molecular weight is 1850 g/mol. The Morgan fingerprint density at radius 2 is 0.675 bits per heavy atom. The minimum atomic E-state index is 0. The molecule has 0 N–H and O–H groups in total. The SMILES string of the molecule is Cc1ccc2nc(-c3ccc(-c4ccc[c-]c4Cc4[c-]cccc4)cc3)cn2c1.O=C(Cc1ccccc1)c1ccc(-c2ccc[c-]c2Cc2[c-]cccc2)cc1.[Y].[Y].[Y].[Y].[c-]1ccccc1Cc1[c-]cccc1-c1ccc(-c2cnc3ccccc3n2)cc1.[c-]1ccccc1Cc1[c-]cccc1-c1ccc(-c2nnc(-c3ccccc3)o2)cc1. The van der Waals surface area contributed by atoms with E-state index in [-0.39, 0.29) is 137 Å². The predicted octanol–water partition coefficient (Wildman–Crippen LogP) is 24.5. The maximum atomic E-state index is 12.6. The topological polar surface area (TPSA) is 99.1 Å². The molecule has 4 aromatic heterocycles. The monoisotopic (exact) mass is 1840 g/mol. The minimum Gasteiger partial charge on any atom is -0.416 e. The first-order chi connectivity index (χ1) is 57.3. The van der Waals surface area contributed by atoms with E-state index in [0.717, 1.165) is 132 Å². The van der Waals surface area contributed by atoms with Crippen LogP contribution in [-0.2, 0) is 163 Å². The largest absolute Gasteiger partial charge is 0.416 e. The normalized spacial score (nSPS) is 10.5. The molecule has 0 saturated heterocycles. The molecule has 0 amide bonds. The first-order valence-corrected chi connectivity index (χ1v) is 38.7. The van der Waals surface area contributed by atoms with Crippen molar-refractivity contribution >= 4 is 22.5 Å². The summed E-state index contributed by atoms with van der Waals surface area (Å²) in [7, 11) is 0. The van der Waals surface area contributed by atoms with E-state index < -0.39 is 0 Å². The van der Waals surface area contributed by atoms with Crippen molar-refractivity contribution in [1.82, 2.24) is 29.5 Å². The fourth-order valence-corrected chi connectivity index (χ4v) is 14.0. The quantitative estimate of drug-likeness (QED) is 0.0587. The molecule has 15 aromatic carbocycles. The number of aromatic nitrogens is 6. The van der Waals surface area contributed by atoms with Crippen molar-refractivity contribution in [2.75, 3.05) is 0 Å². The summed E-state index contributed by atoms with van der Waals surface area (Å²) in [6, 6.07) is 149. The van der Waals surface area contributed by atoms with Crippen LogP contribution in [0.2, 0.25) is 0 Å². The number of rotatable bonds is 19. The van der Waals surface area contributed by atoms with Crippen LogP contribution in [0.25, 0.3) is 107 Å². The maximum absolute atomic E-state index is 12.6. The molecule has 0 aliphatic heterocycles. The van der Waals surface area contributed by atoms with Crippen LogP contribution in [0, 0.1) is 55.5 Å². The summed E-state index contributed by atoms with van der Waals surface area (Å²) < 4.78 is 7.95. The van der Waals surface area contributed by atoms with Crippen LogP contribution in [0.15, 0.2) is 387 Å². The van der Waals surface area contributed by atoms with Gasteiger partial charge in [-0.1, -0.05) is 174 Å². The molecule has 0 atom stereocenters. The van der Waals surface area contributed by atoms with Gasteiger partial charge in [-0.05, 0) is 86.2 Å². The summed E-state index contributed by atoms with van der Waals surface area (Å²) in [6.45, 7) is 2.09. The molecular formula is C108H76N6O2Y4-8. The van der Waals surface area contributed by atoms with Gasteiger partial charge in [-0.3, -0.25) is 9.78 Å². The summed E-state index contributed by atoms with van der Waals surface area (Å²) in [6.07, 6.45) is 9.67. The molecule has 0 aliphatic rings. The Morgan fingerprint density at radius 3 is 1.10 bits per heavy atom. The molecule has 19 rings (SSSR count). The second-order valence-electron chi connectivity index (χ2n) is 28.0. The van der Waals surface area contributed by atoms with Crippen LogP contribution < -0.4 is 0 Å². The van der Waals surface area contributed by atoms with Crippen molar-refractivity contribution in [2.45, 2.75) is 39.0 Å². The zero-order valence-electron chi connectivity index (χ0n) is 66.2. The van der Waals surface area contributed by atoms with E-state index in [9.17, 15) is 4.79 Å². The van der Waals surface area contributed by atoms with E-state index in [0.29, 0.717) is 18.2 Å². The summed E-state index contributed by atoms with van der Waals surface area (Å²) in [5.41, 5.74) is 30.2. The first kappa shape index (κ1) is 88.8. The van der Waals surface area contributed by atoms with Gasteiger partial charge in [-0.2, -0.15) is 263 Å². The van der Waals surface area contributed by atoms with Crippen molar-refractivity contribution in [3.63, 3.8) is 0 Å². The number of para-hydroxylation sites is 2. The third-order valence-corrected chi connectivity index (χ3v) is 20.0. The van der Waals surface area contributed by atoms with E-state index >= 15 is 0 Å². The molecular weight excluding hydrogens is 1770 g/mol. The van der Waals surface area contributed by atoms with E-state index in [1.807, 2.05) is 243 Å². The number of hydrogen-bond donors (Lipinski definition) is 0. The van der Waals surface area contributed by atoms with Crippen molar-refractivity contribution in [2.24, 2.45) is 0 Å². The molecule has 0 fully saturated rings. The number of pyridine rings is 1. The Balaban J connectivity index is 0.000000145. The number of nitrogens with zero attached hydrogens (tertiary/aromatic N) is 6. The van der Waals surface area contributed by atoms with E-state index in [1.54, 1.807) is 0 Å². The van der Waals surface area contributed by atoms with Crippen LogP contribution in [0.5, 0.6) is 0 Å². The van der Waals surface area contributed by atoms with E-state index in [2.05, 4.69) is 215 Å². The van der Waals surface area contributed by atoms with E-state index in [1.165, 1.54) is 50.1 Å². The summed E-state index contributed by atoms with van der Waals surface area (Å²) in [5.74, 6) is 1.17. The van der Waals surface area contributed by atoms with Crippen LogP contribution >= 0.6 is 0 Å². The van der Waals surface area contributed by atoms with Crippen LogP contribution in [0.3, 0.4) is 0 Å². The molecule has 120 heavy (non-hydrogen) atoms. The first-order valence-electron chi connectivity index (χ1n) is 38.7. The molecule has 0 bridgehead atoms. The van der Waals surface area contributed by atoms with Gasteiger partial charge in [0.15, 0.2) is 5.78 Å². The van der Waals surface area contributed by atoms with Crippen LogP contribution in [0.4, 0.5) is 0 Å². The van der Waals surface area contributed by atoms with Gasteiger partial charge in [-0.25, -0.2) is 9.97 Å². The summed E-state index contributed by atoms with van der Waals surface area (Å²) >= 11 is 0. The number of carbonyl (C=O) groups is 1. The fourth-order valence-electron chi connectivity index (χ4n) is 14.0. The predicted molar refractivity (Wildman–Crippen MR) is 466 cm³/mol. The zero-order valence-corrected chi connectivity index (χ0v) is 77.6. The number of fused-ring (bicyclic) bond motifs is 2. The number of benzene rings is 15. The van der Waals surface area contributed by atoms with Crippen molar-refractivity contribution in [3.8, 4) is 89.9 Å². The molecule has 12 heteroatoms. The molecule has 4 radical (unpaired) electrons. The summed E-state index contributed by atoms with van der Waals surface area (Å²) in [5, 5.41) is 8.39. The van der Waals surface area contributed by atoms with Crippen molar-refractivity contribution in [1.29, 1.82) is 0 Å². The maximum Gasteiger partial charge on any atom is 0.248 e. The molecule has 0 unspecified atom stereocenters. The smallest absolute Gasteiger partial charge is 0.248 e. The van der Waals surface area contributed by atoms with Gasteiger partial charge >= 0.3 is 0 Å². The molecule has 19 aromatic rings.